The number of amides is 1. The van der Waals surface area contributed by atoms with Crippen LogP contribution in [0.5, 0.6) is 0 Å². The maximum Gasteiger partial charge on any atom is 0.226 e. The molecule has 0 radical (unpaired) electrons. The Morgan fingerprint density at radius 3 is 1.88 bits per heavy atom. The molecule has 0 spiro atoms. The summed E-state index contributed by atoms with van der Waals surface area (Å²) in [6.07, 6.45) is 0. The van der Waals surface area contributed by atoms with Gasteiger partial charge < -0.3 is 11.1 Å². The molecule has 24 heavy (non-hydrogen) atoms. The molecule has 0 saturated heterocycles. The van der Waals surface area contributed by atoms with Gasteiger partial charge in [0, 0.05) is 17.4 Å². The minimum absolute atomic E-state index is 0.0397. The van der Waals surface area contributed by atoms with Crippen LogP contribution in [0.3, 0.4) is 0 Å². The van der Waals surface area contributed by atoms with Gasteiger partial charge in [0.05, 0.1) is 15.7 Å². The number of benzene rings is 1. The fourth-order valence-corrected chi connectivity index (χ4v) is 1.63. The highest BCUT2D eigenvalue weighted by Gasteiger charge is 2.21. The smallest absolute Gasteiger partial charge is 0.226 e. The van der Waals surface area contributed by atoms with Crippen molar-refractivity contribution in [2.45, 2.75) is 48.1 Å². The van der Waals surface area contributed by atoms with E-state index in [-0.39, 0.29) is 16.6 Å². The van der Waals surface area contributed by atoms with Crippen molar-refractivity contribution in [3.8, 4) is 0 Å². The Bertz CT molecular complexity index is 603. The van der Waals surface area contributed by atoms with Gasteiger partial charge in [-0.25, -0.2) is 0 Å². The fourth-order valence-electron chi connectivity index (χ4n) is 1.19. The zero-order chi connectivity index (χ0) is 19.3. The van der Waals surface area contributed by atoms with Gasteiger partial charge in [-0.1, -0.05) is 70.8 Å². The van der Waals surface area contributed by atoms with Gasteiger partial charge in [-0.3, -0.25) is 9.59 Å². The molecule has 1 aromatic carbocycles. The summed E-state index contributed by atoms with van der Waals surface area (Å²) in [5.41, 5.74) is 6.00. The van der Waals surface area contributed by atoms with Crippen molar-refractivity contribution in [1.29, 1.82) is 0 Å². The zero-order valence-corrected chi connectivity index (χ0v) is 17.2. The molecular weight excluding hydrogens is 371 g/mol. The van der Waals surface area contributed by atoms with E-state index in [1.807, 2.05) is 20.8 Å². The third-order valence-corrected chi connectivity index (χ3v) is 4.26. The van der Waals surface area contributed by atoms with E-state index >= 15 is 0 Å². The molecule has 0 aliphatic heterocycles. The van der Waals surface area contributed by atoms with Crippen LogP contribution >= 0.6 is 34.8 Å². The number of halogens is 3. The second-order valence-corrected chi connectivity index (χ2v) is 8.52. The van der Waals surface area contributed by atoms with Crippen LogP contribution in [0, 0.1) is 10.8 Å². The molecule has 136 valence electrons. The largest absolute Gasteiger partial charge is 0.396 e. The summed E-state index contributed by atoms with van der Waals surface area (Å²) in [4.78, 5) is 21.9. The molecular formula is C17H25Cl3N2O2. The van der Waals surface area contributed by atoms with Crippen LogP contribution in [0.1, 0.15) is 47.1 Å². The van der Waals surface area contributed by atoms with Gasteiger partial charge in [0.2, 0.25) is 11.1 Å². The SMILES string of the molecule is CC(C)(C)C(=O)Cl.CC(C)(C)C(=O)NCc1ccc(Cl)c(N)c1Cl. The highest BCUT2D eigenvalue weighted by Crippen LogP contribution is 2.30. The van der Waals surface area contributed by atoms with E-state index in [1.165, 1.54) is 0 Å². The molecule has 0 unspecified atom stereocenters. The highest BCUT2D eigenvalue weighted by molar-refractivity contribution is 6.64. The summed E-state index contributed by atoms with van der Waals surface area (Å²) in [5, 5.41) is 3.33. The monoisotopic (exact) mass is 394 g/mol. The van der Waals surface area contributed by atoms with Crippen molar-refractivity contribution in [2.24, 2.45) is 10.8 Å². The number of carbonyl (C=O) groups excluding carboxylic acids is 2. The van der Waals surface area contributed by atoms with Gasteiger partial charge in [0.1, 0.15) is 0 Å². The number of nitrogens with one attached hydrogen (secondary N) is 1. The minimum Gasteiger partial charge on any atom is -0.396 e. The number of hydrogen-bond acceptors (Lipinski definition) is 3. The Balaban J connectivity index is 0.000000640. The van der Waals surface area contributed by atoms with Crippen molar-refractivity contribution >= 4 is 51.6 Å². The van der Waals surface area contributed by atoms with Crippen LogP contribution in [0.4, 0.5) is 5.69 Å². The molecule has 0 saturated carbocycles. The van der Waals surface area contributed by atoms with Crippen LogP contribution < -0.4 is 11.1 Å². The fraction of sp³-hybridized carbons (Fsp3) is 0.529. The maximum atomic E-state index is 11.7. The molecule has 0 aliphatic carbocycles. The third-order valence-electron chi connectivity index (χ3n) is 2.92. The molecule has 0 fully saturated rings. The van der Waals surface area contributed by atoms with E-state index in [0.29, 0.717) is 22.3 Å². The lowest BCUT2D eigenvalue weighted by molar-refractivity contribution is -0.128. The molecule has 1 aromatic rings. The highest BCUT2D eigenvalue weighted by atomic mass is 35.5. The number of rotatable bonds is 2. The number of nitrogen functional groups attached to an aromatic ring is 1. The summed E-state index contributed by atoms with van der Waals surface area (Å²) in [7, 11) is 0. The Morgan fingerprint density at radius 2 is 1.50 bits per heavy atom. The summed E-state index contributed by atoms with van der Waals surface area (Å²) < 4.78 is 0. The average molecular weight is 396 g/mol. The molecule has 4 nitrogen and oxygen atoms in total. The van der Waals surface area contributed by atoms with E-state index in [9.17, 15) is 9.59 Å². The topological polar surface area (TPSA) is 72.2 Å². The Kier molecular flexibility index (Phi) is 8.57. The zero-order valence-electron chi connectivity index (χ0n) is 14.9. The van der Waals surface area contributed by atoms with Crippen LogP contribution in [-0.2, 0) is 16.1 Å². The first-order valence-corrected chi connectivity index (χ1v) is 8.52. The average Bonchev–Trinajstić information content (AvgIpc) is 2.42. The first-order chi connectivity index (χ1) is 10.7. The summed E-state index contributed by atoms with van der Waals surface area (Å²) >= 11 is 17.0. The lowest BCUT2D eigenvalue weighted by atomic mass is 9.95. The predicted molar refractivity (Wildman–Crippen MR) is 102 cm³/mol. The van der Waals surface area contributed by atoms with Crippen LogP contribution in [-0.4, -0.2) is 11.1 Å². The lowest BCUT2D eigenvalue weighted by Gasteiger charge is -2.18. The molecule has 1 amide bonds. The minimum atomic E-state index is -0.426. The first-order valence-electron chi connectivity index (χ1n) is 7.38. The number of hydrogen-bond donors (Lipinski definition) is 2. The quantitative estimate of drug-likeness (QED) is 0.544. The van der Waals surface area contributed by atoms with E-state index in [0.717, 1.165) is 5.56 Å². The van der Waals surface area contributed by atoms with Crippen molar-refractivity contribution in [3.05, 3.63) is 27.7 Å². The van der Waals surface area contributed by atoms with Crippen molar-refractivity contribution in [1.82, 2.24) is 5.32 Å². The molecule has 0 aromatic heterocycles. The van der Waals surface area contributed by atoms with Crippen molar-refractivity contribution in [3.63, 3.8) is 0 Å². The molecule has 0 atom stereocenters. The predicted octanol–water partition coefficient (Wildman–Crippen LogP) is 5.04. The molecule has 3 N–H and O–H groups in total. The Morgan fingerprint density at radius 1 is 1.04 bits per heavy atom. The van der Waals surface area contributed by atoms with E-state index < -0.39 is 5.41 Å². The lowest BCUT2D eigenvalue weighted by Crippen LogP contribution is -2.34. The van der Waals surface area contributed by atoms with E-state index in [1.54, 1.807) is 32.9 Å². The Labute approximate surface area is 159 Å². The molecule has 0 heterocycles. The second-order valence-electron chi connectivity index (χ2n) is 7.39. The van der Waals surface area contributed by atoms with Crippen LogP contribution in [0.2, 0.25) is 10.0 Å². The molecule has 7 heteroatoms. The van der Waals surface area contributed by atoms with Gasteiger partial charge >= 0.3 is 0 Å². The molecule has 1 rings (SSSR count). The standard InChI is InChI=1S/C12H16Cl2N2O.C5H9ClO/c1-12(2,3)11(17)16-6-7-4-5-8(13)10(15)9(7)14;1-5(2,3)4(6)7/h4-5H,6,15H2,1-3H3,(H,16,17);1-3H3. The van der Waals surface area contributed by atoms with Gasteiger partial charge in [-0.2, -0.15) is 0 Å². The van der Waals surface area contributed by atoms with Gasteiger partial charge in [0.25, 0.3) is 0 Å². The van der Waals surface area contributed by atoms with Crippen LogP contribution in [0.15, 0.2) is 12.1 Å². The molecule has 0 bridgehead atoms. The van der Waals surface area contributed by atoms with Crippen molar-refractivity contribution < 1.29 is 9.59 Å². The second kappa shape index (κ2) is 8.93. The van der Waals surface area contributed by atoms with Crippen LogP contribution in [0.25, 0.3) is 0 Å². The van der Waals surface area contributed by atoms with Gasteiger partial charge in [-0.15, -0.1) is 0 Å². The summed E-state index contributed by atoms with van der Waals surface area (Å²) in [5.74, 6) is -0.0397. The van der Waals surface area contributed by atoms with Crippen molar-refractivity contribution in [2.75, 3.05) is 5.73 Å². The summed E-state index contributed by atoms with van der Waals surface area (Å²) in [6.45, 7) is 11.2. The third kappa shape index (κ3) is 7.73. The Hall–Kier alpha value is -0.970. The van der Waals surface area contributed by atoms with Gasteiger partial charge in [-0.05, 0) is 23.2 Å². The maximum absolute atomic E-state index is 11.7. The van der Waals surface area contributed by atoms with E-state index in [4.69, 9.17) is 40.5 Å². The normalized spacial score (nSPS) is 11.4. The molecule has 0 aliphatic rings. The number of carbonyl (C=O) groups is 2. The summed E-state index contributed by atoms with van der Waals surface area (Å²) in [6, 6.07) is 3.42. The van der Waals surface area contributed by atoms with E-state index in [2.05, 4.69) is 5.32 Å². The first kappa shape index (κ1) is 23.0. The van der Waals surface area contributed by atoms with Gasteiger partial charge in [0.15, 0.2) is 0 Å². The number of anilines is 1. The number of nitrogens with two attached hydrogens (primary N) is 1.